The van der Waals surface area contributed by atoms with E-state index in [0.717, 1.165) is 27.8 Å². The number of aromatic amines is 1. The Bertz CT molecular complexity index is 1760. The lowest BCUT2D eigenvalue weighted by atomic mass is 10.0. The average molecular weight is 578 g/mol. The van der Waals surface area contributed by atoms with Gasteiger partial charge in [-0.2, -0.15) is 5.10 Å². The molecule has 0 saturated heterocycles. The summed E-state index contributed by atoms with van der Waals surface area (Å²) in [4.78, 5) is 29.3. The molecule has 0 aliphatic carbocycles. The van der Waals surface area contributed by atoms with Gasteiger partial charge in [-0.3, -0.25) is 4.79 Å². The zero-order valence-electron chi connectivity index (χ0n) is 24.0. The van der Waals surface area contributed by atoms with Crippen LogP contribution in [-0.4, -0.2) is 43.4 Å². The second-order valence-electron chi connectivity index (χ2n) is 9.34. The van der Waals surface area contributed by atoms with Gasteiger partial charge in [0, 0.05) is 16.5 Å². The molecule has 218 valence electrons. The first-order valence-electron chi connectivity index (χ1n) is 13.8. The molecule has 43 heavy (non-hydrogen) atoms. The Morgan fingerprint density at radius 1 is 0.837 bits per heavy atom. The predicted molar refractivity (Wildman–Crippen MR) is 166 cm³/mol. The van der Waals surface area contributed by atoms with Gasteiger partial charge < -0.3 is 23.9 Å². The van der Waals surface area contributed by atoms with Crippen molar-refractivity contribution in [3.8, 4) is 34.1 Å². The number of nitrogens with one attached hydrogen (secondary N) is 2. The van der Waals surface area contributed by atoms with Crippen molar-refractivity contribution in [3.05, 3.63) is 108 Å². The number of carbonyl (C=O) groups excluding carboxylic acids is 2. The molecule has 0 radical (unpaired) electrons. The second-order valence-corrected chi connectivity index (χ2v) is 9.34. The molecule has 1 heterocycles. The van der Waals surface area contributed by atoms with Crippen molar-refractivity contribution >= 4 is 29.0 Å². The van der Waals surface area contributed by atoms with Crippen molar-refractivity contribution < 1.29 is 28.5 Å². The summed E-state index contributed by atoms with van der Waals surface area (Å²) in [6, 6.07) is 27.0. The van der Waals surface area contributed by atoms with Crippen LogP contribution in [0.3, 0.4) is 0 Å². The van der Waals surface area contributed by atoms with Gasteiger partial charge in [0.2, 0.25) is 0 Å². The van der Waals surface area contributed by atoms with Gasteiger partial charge in [-0.1, -0.05) is 30.3 Å². The van der Waals surface area contributed by atoms with Gasteiger partial charge in [0.25, 0.3) is 5.91 Å². The van der Waals surface area contributed by atoms with Crippen molar-refractivity contribution in [2.45, 2.75) is 13.8 Å². The molecule has 0 spiro atoms. The molecule has 1 aromatic heterocycles. The summed E-state index contributed by atoms with van der Waals surface area (Å²) in [5.41, 5.74) is 6.45. The molecular formula is C34H31N3O6. The highest BCUT2D eigenvalue weighted by atomic mass is 16.6. The standard InChI is InChI=1S/C34H31N3O6/c1-4-41-26-16-17-28-27(20-26)31(23-9-7-6-8-10-23)32(36-28)33(38)37-35-21-22-11-18-29(30(19-22)42-5-2)43-34(39)24-12-14-25(40-3)15-13-24/h6-21,36H,4-5H2,1-3H3,(H,37,38). The van der Waals surface area contributed by atoms with Crippen molar-refractivity contribution in [1.29, 1.82) is 0 Å². The topological polar surface area (TPSA) is 111 Å². The van der Waals surface area contributed by atoms with E-state index in [2.05, 4.69) is 15.5 Å². The Balaban J connectivity index is 1.35. The number of hydrazone groups is 1. The molecule has 9 heteroatoms. The Hall–Kier alpha value is -5.57. The van der Waals surface area contributed by atoms with E-state index >= 15 is 0 Å². The van der Waals surface area contributed by atoms with Crippen LogP contribution in [0.25, 0.3) is 22.0 Å². The number of H-pyrrole nitrogens is 1. The molecule has 5 aromatic rings. The molecule has 0 unspecified atom stereocenters. The number of nitrogens with zero attached hydrogens (tertiary/aromatic N) is 1. The number of rotatable bonds is 11. The number of amides is 1. The summed E-state index contributed by atoms with van der Waals surface area (Å²) in [5.74, 6) is 1.06. The highest BCUT2D eigenvalue weighted by Crippen LogP contribution is 2.35. The number of fused-ring (bicyclic) bond motifs is 1. The lowest BCUT2D eigenvalue weighted by molar-refractivity contribution is 0.0728. The second kappa shape index (κ2) is 13.4. The minimum absolute atomic E-state index is 0.265. The van der Waals surface area contributed by atoms with E-state index in [-0.39, 0.29) is 5.75 Å². The molecule has 2 N–H and O–H groups in total. The van der Waals surface area contributed by atoms with Gasteiger partial charge in [0.15, 0.2) is 11.5 Å². The number of esters is 1. The molecule has 1 amide bonds. The van der Waals surface area contributed by atoms with Crippen LogP contribution in [-0.2, 0) is 0 Å². The Kier molecular flexibility index (Phi) is 9.02. The first kappa shape index (κ1) is 28.9. The molecule has 9 nitrogen and oxygen atoms in total. The highest BCUT2D eigenvalue weighted by molar-refractivity contribution is 6.10. The molecule has 4 aromatic carbocycles. The number of hydrogen-bond acceptors (Lipinski definition) is 7. The first-order chi connectivity index (χ1) is 21.0. The number of ether oxygens (including phenoxy) is 4. The fourth-order valence-corrected chi connectivity index (χ4v) is 4.57. The molecule has 0 fully saturated rings. The van der Waals surface area contributed by atoms with E-state index in [1.165, 1.54) is 6.21 Å². The molecule has 5 rings (SSSR count). The Morgan fingerprint density at radius 3 is 2.30 bits per heavy atom. The summed E-state index contributed by atoms with van der Waals surface area (Å²) < 4.78 is 22.1. The van der Waals surface area contributed by atoms with Crippen LogP contribution < -0.4 is 24.4 Å². The van der Waals surface area contributed by atoms with E-state index in [1.54, 1.807) is 49.6 Å². The van der Waals surface area contributed by atoms with E-state index in [9.17, 15) is 9.59 Å². The van der Waals surface area contributed by atoms with Gasteiger partial charge in [-0.25, -0.2) is 10.2 Å². The van der Waals surface area contributed by atoms with E-state index in [4.69, 9.17) is 18.9 Å². The van der Waals surface area contributed by atoms with Gasteiger partial charge in [-0.15, -0.1) is 0 Å². The third-order valence-corrected chi connectivity index (χ3v) is 6.55. The number of methoxy groups -OCH3 is 1. The maximum atomic E-state index is 13.4. The normalized spacial score (nSPS) is 11.0. The summed E-state index contributed by atoms with van der Waals surface area (Å²) in [5, 5.41) is 5.05. The van der Waals surface area contributed by atoms with Crippen LogP contribution in [0.1, 0.15) is 40.3 Å². The van der Waals surface area contributed by atoms with Crippen LogP contribution in [0.5, 0.6) is 23.0 Å². The van der Waals surface area contributed by atoms with Gasteiger partial charge in [0.05, 0.1) is 32.1 Å². The average Bonchev–Trinajstić information content (AvgIpc) is 3.42. The largest absolute Gasteiger partial charge is 0.497 e. The van der Waals surface area contributed by atoms with Gasteiger partial charge in [0.1, 0.15) is 17.2 Å². The van der Waals surface area contributed by atoms with Crippen molar-refractivity contribution in [2.75, 3.05) is 20.3 Å². The SMILES string of the molecule is CCOc1ccc2[nH]c(C(=O)NN=Cc3ccc(OC(=O)c4ccc(OC)cc4)c(OCC)c3)c(-c3ccccc3)c2c1. The number of benzene rings is 4. The third-order valence-electron chi connectivity index (χ3n) is 6.55. The summed E-state index contributed by atoms with van der Waals surface area (Å²) in [6.45, 7) is 4.65. The molecule has 0 aliphatic heterocycles. The summed E-state index contributed by atoms with van der Waals surface area (Å²) in [6.07, 6.45) is 1.49. The smallest absolute Gasteiger partial charge is 0.343 e. The lowest BCUT2D eigenvalue weighted by Crippen LogP contribution is -2.18. The van der Waals surface area contributed by atoms with Gasteiger partial charge >= 0.3 is 5.97 Å². The summed E-state index contributed by atoms with van der Waals surface area (Å²) in [7, 11) is 1.56. The van der Waals surface area contributed by atoms with Crippen LogP contribution >= 0.6 is 0 Å². The zero-order valence-corrected chi connectivity index (χ0v) is 24.0. The first-order valence-corrected chi connectivity index (χ1v) is 13.8. The highest BCUT2D eigenvalue weighted by Gasteiger charge is 2.20. The van der Waals surface area contributed by atoms with E-state index < -0.39 is 11.9 Å². The fraction of sp³-hybridized carbons (Fsp3) is 0.147. The molecule has 0 aliphatic rings. The molecular weight excluding hydrogens is 546 g/mol. The minimum atomic E-state index is -0.529. The number of carbonyl (C=O) groups is 2. The molecule has 0 saturated carbocycles. The molecule has 0 atom stereocenters. The van der Waals surface area contributed by atoms with Crippen molar-refractivity contribution in [1.82, 2.24) is 10.4 Å². The summed E-state index contributed by atoms with van der Waals surface area (Å²) >= 11 is 0. The predicted octanol–water partition coefficient (Wildman–Crippen LogP) is 6.62. The fourth-order valence-electron chi connectivity index (χ4n) is 4.57. The third kappa shape index (κ3) is 6.68. The van der Waals surface area contributed by atoms with Crippen LogP contribution in [0.4, 0.5) is 0 Å². The number of hydrogen-bond donors (Lipinski definition) is 2. The molecule has 0 bridgehead atoms. The minimum Gasteiger partial charge on any atom is -0.497 e. The Morgan fingerprint density at radius 2 is 1.58 bits per heavy atom. The van der Waals surface area contributed by atoms with E-state index in [1.807, 2.05) is 62.4 Å². The zero-order chi connectivity index (χ0) is 30.2. The maximum absolute atomic E-state index is 13.4. The quantitative estimate of drug-likeness (QED) is 0.0790. The van der Waals surface area contributed by atoms with Crippen LogP contribution in [0.2, 0.25) is 0 Å². The monoisotopic (exact) mass is 577 g/mol. The van der Waals surface area contributed by atoms with E-state index in [0.29, 0.717) is 41.5 Å². The van der Waals surface area contributed by atoms with Crippen molar-refractivity contribution in [2.24, 2.45) is 5.10 Å². The van der Waals surface area contributed by atoms with Crippen LogP contribution in [0.15, 0.2) is 96.1 Å². The Labute approximate surface area is 249 Å². The van der Waals surface area contributed by atoms with Gasteiger partial charge in [-0.05, 0) is 85.6 Å². The van der Waals surface area contributed by atoms with Crippen molar-refractivity contribution in [3.63, 3.8) is 0 Å². The number of aromatic nitrogens is 1. The van der Waals surface area contributed by atoms with Crippen LogP contribution in [0, 0.1) is 0 Å². The lowest BCUT2D eigenvalue weighted by Gasteiger charge is -2.11. The maximum Gasteiger partial charge on any atom is 0.343 e.